The quantitative estimate of drug-likeness (QED) is 0.813. The van der Waals surface area contributed by atoms with Crippen molar-refractivity contribution >= 4 is 28.5 Å². The summed E-state index contributed by atoms with van der Waals surface area (Å²) >= 11 is 1.51. The molecule has 0 unspecified atom stereocenters. The highest BCUT2D eigenvalue weighted by molar-refractivity contribution is 7.11. The van der Waals surface area contributed by atoms with Crippen LogP contribution in [0.1, 0.15) is 30.2 Å². The first kappa shape index (κ1) is 14.9. The van der Waals surface area contributed by atoms with Crippen molar-refractivity contribution in [3.8, 4) is 0 Å². The summed E-state index contributed by atoms with van der Waals surface area (Å²) in [7, 11) is 0. The van der Waals surface area contributed by atoms with Gasteiger partial charge in [-0.2, -0.15) is 0 Å². The average Bonchev–Trinajstić information content (AvgIpc) is 3.01. The molecule has 0 saturated carbocycles. The van der Waals surface area contributed by atoms with E-state index in [9.17, 15) is 13.6 Å². The maximum atomic E-state index is 14.3. The Balaban J connectivity index is 2.30. The number of hydrogen-bond acceptors (Lipinski definition) is 2. The molecule has 2 heterocycles. The molecule has 0 spiro atoms. The number of halogens is 2. The van der Waals surface area contributed by atoms with Gasteiger partial charge in [0, 0.05) is 17.8 Å². The first-order valence-electron chi connectivity index (χ1n) is 7.15. The molecule has 2 aromatic rings. The zero-order valence-corrected chi connectivity index (χ0v) is 12.9. The van der Waals surface area contributed by atoms with Gasteiger partial charge in [0.05, 0.1) is 11.3 Å². The van der Waals surface area contributed by atoms with Crippen LogP contribution in [0.2, 0.25) is 0 Å². The molecular weight excluding hydrogens is 304 g/mol. The van der Waals surface area contributed by atoms with Crippen LogP contribution in [-0.4, -0.2) is 17.4 Å². The number of carbonyl (C=O) groups excluding carboxylic acids is 1. The molecule has 0 aliphatic carbocycles. The van der Waals surface area contributed by atoms with Gasteiger partial charge in [-0.3, -0.25) is 4.79 Å². The minimum absolute atomic E-state index is 0.0968. The summed E-state index contributed by atoms with van der Waals surface area (Å²) in [5, 5.41) is 1.92. The van der Waals surface area contributed by atoms with Gasteiger partial charge in [0.25, 0.3) is 0 Å². The first-order valence-corrected chi connectivity index (χ1v) is 8.03. The molecule has 1 aliphatic heterocycles. The molecule has 1 aliphatic rings. The topological polar surface area (TPSA) is 20.3 Å². The third-order valence-corrected chi connectivity index (χ3v) is 4.71. The minimum Gasteiger partial charge on any atom is -0.312 e. The van der Waals surface area contributed by atoms with Gasteiger partial charge in [-0.05, 0) is 42.5 Å². The van der Waals surface area contributed by atoms with E-state index in [-0.39, 0.29) is 11.5 Å². The van der Waals surface area contributed by atoms with Crippen LogP contribution in [0.15, 0.2) is 35.7 Å². The highest BCUT2D eigenvalue weighted by Crippen LogP contribution is 2.40. The molecule has 0 atom stereocenters. The second-order valence-electron chi connectivity index (χ2n) is 5.04. The standard InChI is InChI=1S/C17H15F2NOS/c1-2-20-15(21)9-8-11(14-7-4-10-22-14)17(20)16-12(18)5-3-6-13(16)19/h3-7,10H,2,8-9H2,1H3. The Labute approximate surface area is 131 Å². The van der Waals surface area contributed by atoms with Gasteiger partial charge in [-0.15, -0.1) is 11.3 Å². The molecule has 2 nitrogen and oxygen atoms in total. The van der Waals surface area contributed by atoms with Crippen LogP contribution in [0.25, 0.3) is 11.3 Å². The highest BCUT2D eigenvalue weighted by Gasteiger charge is 2.31. The van der Waals surface area contributed by atoms with Gasteiger partial charge < -0.3 is 4.90 Å². The van der Waals surface area contributed by atoms with E-state index in [0.717, 1.165) is 10.5 Å². The maximum Gasteiger partial charge on any atom is 0.227 e. The van der Waals surface area contributed by atoms with E-state index in [1.165, 1.54) is 34.4 Å². The van der Waals surface area contributed by atoms with E-state index < -0.39 is 11.6 Å². The van der Waals surface area contributed by atoms with Gasteiger partial charge in [-0.1, -0.05) is 12.1 Å². The van der Waals surface area contributed by atoms with Gasteiger partial charge in [0.2, 0.25) is 5.91 Å². The fourth-order valence-electron chi connectivity index (χ4n) is 2.81. The van der Waals surface area contributed by atoms with Crippen molar-refractivity contribution in [1.29, 1.82) is 0 Å². The molecule has 22 heavy (non-hydrogen) atoms. The summed E-state index contributed by atoms with van der Waals surface area (Å²) < 4.78 is 28.6. The molecule has 0 bridgehead atoms. The summed E-state index contributed by atoms with van der Waals surface area (Å²) in [6, 6.07) is 7.60. The van der Waals surface area contributed by atoms with Crippen LogP contribution in [0.3, 0.4) is 0 Å². The predicted molar refractivity (Wildman–Crippen MR) is 84.1 cm³/mol. The summed E-state index contributed by atoms with van der Waals surface area (Å²) in [6.45, 7) is 2.20. The van der Waals surface area contributed by atoms with Crippen LogP contribution in [-0.2, 0) is 4.79 Å². The van der Waals surface area contributed by atoms with E-state index >= 15 is 0 Å². The number of carbonyl (C=O) groups is 1. The predicted octanol–water partition coefficient (Wildman–Crippen LogP) is 4.54. The van der Waals surface area contributed by atoms with Crippen molar-refractivity contribution in [2.24, 2.45) is 0 Å². The van der Waals surface area contributed by atoms with E-state index in [2.05, 4.69) is 0 Å². The Morgan fingerprint density at radius 1 is 1.14 bits per heavy atom. The van der Waals surface area contributed by atoms with Crippen LogP contribution < -0.4 is 0 Å². The normalized spacial score (nSPS) is 15.6. The molecule has 3 rings (SSSR count). The molecule has 0 N–H and O–H groups in total. The Morgan fingerprint density at radius 3 is 2.45 bits per heavy atom. The van der Waals surface area contributed by atoms with Crippen LogP contribution in [0.4, 0.5) is 8.78 Å². The summed E-state index contributed by atoms with van der Waals surface area (Å²) in [5.41, 5.74) is 1.10. The van der Waals surface area contributed by atoms with Gasteiger partial charge in [-0.25, -0.2) is 8.78 Å². The fourth-order valence-corrected chi connectivity index (χ4v) is 3.61. The molecule has 114 valence electrons. The largest absolute Gasteiger partial charge is 0.312 e. The summed E-state index contributed by atoms with van der Waals surface area (Å²) in [5.74, 6) is -1.38. The van der Waals surface area contributed by atoms with Gasteiger partial charge in [0.1, 0.15) is 11.6 Å². The second-order valence-corrected chi connectivity index (χ2v) is 5.99. The molecule has 5 heteroatoms. The Bertz CT molecular complexity index is 717. The van der Waals surface area contributed by atoms with Crippen LogP contribution in [0, 0.1) is 11.6 Å². The lowest BCUT2D eigenvalue weighted by atomic mass is 9.94. The first-order chi connectivity index (χ1) is 10.6. The molecule has 1 amide bonds. The monoisotopic (exact) mass is 319 g/mol. The van der Waals surface area contributed by atoms with Crippen molar-refractivity contribution in [1.82, 2.24) is 4.90 Å². The van der Waals surface area contributed by atoms with E-state index in [1.54, 1.807) is 0 Å². The Morgan fingerprint density at radius 2 is 1.86 bits per heavy atom. The molecule has 0 radical (unpaired) electrons. The lowest BCUT2D eigenvalue weighted by Gasteiger charge is -2.31. The lowest BCUT2D eigenvalue weighted by Crippen LogP contribution is -2.33. The number of nitrogens with zero attached hydrogens (tertiary/aromatic N) is 1. The molecule has 1 aromatic carbocycles. The maximum absolute atomic E-state index is 14.3. The van der Waals surface area contributed by atoms with Gasteiger partial charge in [0.15, 0.2) is 0 Å². The average molecular weight is 319 g/mol. The third kappa shape index (κ3) is 2.46. The zero-order valence-electron chi connectivity index (χ0n) is 12.1. The third-order valence-electron chi connectivity index (χ3n) is 3.78. The van der Waals surface area contributed by atoms with E-state index in [0.29, 0.717) is 25.1 Å². The van der Waals surface area contributed by atoms with Crippen molar-refractivity contribution in [3.05, 3.63) is 57.8 Å². The molecule has 0 fully saturated rings. The van der Waals surface area contributed by atoms with Crippen LogP contribution in [0.5, 0.6) is 0 Å². The van der Waals surface area contributed by atoms with Crippen molar-refractivity contribution in [2.45, 2.75) is 19.8 Å². The highest BCUT2D eigenvalue weighted by atomic mass is 32.1. The summed E-state index contributed by atoms with van der Waals surface area (Å²) in [4.78, 5) is 14.6. The van der Waals surface area contributed by atoms with E-state index in [1.807, 2.05) is 24.4 Å². The van der Waals surface area contributed by atoms with Gasteiger partial charge >= 0.3 is 0 Å². The molecule has 0 saturated heterocycles. The Kier molecular flexibility index (Phi) is 4.07. The number of amides is 1. The molecule has 1 aromatic heterocycles. The fraction of sp³-hybridized carbons (Fsp3) is 0.235. The van der Waals surface area contributed by atoms with Crippen molar-refractivity contribution in [3.63, 3.8) is 0 Å². The number of allylic oxidation sites excluding steroid dienone is 1. The summed E-state index contributed by atoms with van der Waals surface area (Å²) in [6.07, 6.45) is 0.861. The number of rotatable bonds is 3. The van der Waals surface area contributed by atoms with Crippen LogP contribution >= 0.6 is 11.3 Å². The second kappa shape index (κ2) is 6.01. The Hall–Kier alpha value is -2.01. The number of benzene rings is 1. The minimum atomic E-state index is -0.641. The zero-order chi connectivity index (χ0) is 15.7. The number of hydrogen-bond donors (Lipinski definition) is 0. The SMILES string of the molecule is CCN1C(=O)CCC(c2cccs2)=C1c1c(F)cccc1F. The lowest BCUT2D eigenvalue weighted by molar-refractivity contribution is -0.128. The number of thiophene rings is 1. The molecular formula is C17H15F2NOS. The van der Waals surface area contributed by atoms with E-state index in [4.69, 9.17) is 0 Å². The van der Waals surface area contributed by atoms with Crippen molar-refractivity contribution in [2.75, 3.05) is 6.54 Å². The smallest absolute Gasteiger partial charge is 0.227 e. The van der Waals surface area contributed by atoms with Crippen molar-refractivity contribution < 1.29 is 13.6 Å².